The number of rotatable bonds is 4. The molecule has 7 nitrogen and oxygen atoms in total. The average Bonchev–Trinajstić information content (AvgIpc) is 3.03. The van der Waals surface area contributed by atoms with Gasteiger partial charge in [0.15, 0.2) is 5.65 Å². The second-order valence-electron chi connectivity index (χ2n) is 5.66. The lowest BCUT2D eigenvalue weighted by molar-refractivity contribution is 0.783. The number of nitrogens with zero attached hydrogens (tertiary/aromatic N) is 4. The van der Waals surface area contributed by atoms with E-state index in [-0.39, 0.29) is 11.6 Å². The van der Waals surface area contributed by atoms with Crippen LogP contribution >= 0.6 is 0 Å². The molecule has 1 aromatic carbocycles. The lowest BCUT2D eigenvalue weighted by atomic mass is 10.0. The van der Waals surface area contributed by atoms with Crippen LogP contribution in [0.1, 0.15) is 17.3 Å². The maximum absolute atomic E-state index is 12.3. The van der Waals surface area contributed by atoms with Gasteiger partial charge in [0, 0.05) is 13.2 Å². The van der Waals surface area contributed by atoms with E-state index in [9.17, 15) is 4.79 Å². The Morgan fingerprint density at radius 2 is 1.92 bits per heavy atom. The number of fused-ring (bicyclic) bond motifs is 1. The molecule has 4 rings (SSSR count). The smallest absolute Gasteiger partial charge is 0.263 e. The van der Waals surface area contributed by atoms with E-state index in [1.807, 2.05) is 48.5 Å². The number of aryl methyl sites for hydroxylation is 1. The predicted octanol–water partition coefficient (Wildman–Crippen LogP) is 2.25. The zero-order valence-corrected chi connectivity index (χ0v) is 13.5. The topological polar surface area (TPSA) is 88.5 Å². The number of H-pyrrole nitrogens is 1. The summed E-state index contributed by atoms with van der Waals surface area (Å²) in [5, 5.41) is 7.84. The second-order valence-corrected chi connectivity index (χ2v) is 5.66. The molecule has 0 spiro atoms. The van der Waals surface area contributed by atoms with Gasteiger partial charge in [0.05, 0.1) is 17.9 Å². The van der Waals surface area contributed by atoms with Crippen molar-refractivity contribution in [3.63, 3.8) is 0 Å². The van der Waals surface area contributed by atoms with Crippen molar-refractivity contribution < 1.29 is 0 Å². The SMILES string of the molecule is Cn1ncc2c(=O)[nH]c(N[C@@H](c3ccccc3)c3ccccn3)nc21. The molecule has 3 heterocycles. The van der Waals surface area contributed by atoms with E-state index in [0.717, 1.165) is 11.3 Å². The van der Waals surface area contributed by atoms with Gasteiger partial charge in [-0.2, -0.15) is 10.1 Å². The van der Waals surface area contributed by atoms with Gasteiger partial charge < -0.3 is 5.32 Å². The fourth-order valence-corrected chi connectivity index (χ4v) is 2.76. The molecule has 0 fully saturated rings. The first-order chi connectivity index (χ1) is 12.2. The minimum Gasteiger partial charge on any atom is -0.343 e. The largest absolute Gasteiger partial charge is 0.343 e. The van der Waals surface area contributed by atoms with Gasteiger partial charge >= 0.3 is 0 Å². The summed E-state index contributed by atoms with van der Waals surface area (Å²) in [4.78, 5) is 24.0. The molecule has 0 aliphatic carbocycles. The Balaban J connectivity index is 1.79. The number of hydrogen-bond donors (Lipinski definition) is 2. The van der Waals surface area contributed by atoms with Crippen LogP contribution in [0.4, 0.5) is 5.95 Å². The Labute approximate surface area is 143 Å². The van der Waals surface area contributed by atoms with E-state index in [4.69, 9.17) is 0 Å². The molecule has 7 heteroatoms. The molecule has 0 bridgehead atoms. The van der Waals surface area contributed by atoms with E-state index in [2.05, 4.69) is 25.4 Å². The predicted molar refractivity (Wildman–Crippen MR) is 95.3 cm³/mol. The van der Waals surface area contributed by atoms with Crippen molar-refractivity contribution in [1.82, 2.24) is 24.7 Å². The highest BCUT2D eigenvalue weighted by molar-refractivity contribution is 5.74. The van der Waals surface area contributed by atoms with Gasteiger partial charge in [0.2, 0.25) is 5.95 Å². The highest BCUT2D eigenvalue weighted by Gasteiger charge is 2.17. The normalized spacial score (nSPS) is 12.2. The number of pyridine rings is 1. The van der Waals surface area contributed by atoms with Crippen molar-refractivity contribution in [2.75, 3.05) is 5.32 Å². The molecule has 0 aliphatic heterocycles. The van der Waals surface area contributed by atoms with Crippen LogP contribution < -0.4 is 10.9 Å². The van der Waals surface area contributed by atoms with Gasteiger partial charge in [-0.05, 0) is 17.7 Å². The Hall–Kier alpha value is -3.48. The summed E-state index contributed by atoms with van der Waals surface area (Å²) in [5.41, 5.74) is 2.16. The summed E-state index contributed by atoms with van der Waals surface area (Å²) >= 11 is 0. The summed E-state index contributed by atoms with van der Waals surface area (Å²) in [6.45, 7) is 0. The monoisotopic (exact) mass is 332 g/mol. The molecule has 0 aliphatic rings. The number of anilines is 1. The highest BCUT2D eigenvalue weighted by Crippen LogP contribution is 2.23. The van der Waals surface area contributed by atoms with Crippen molar-refractivity contribution in [3.05, 3.63) is 82.5 Å². The second kappa shape index (κ2) is 6.20. The summed E-state index contributed by atoms with van der Waals surface area (Å²) in [7, 11) is 1.76. The third-order valence-electron chi connectivity index (χ3n) is 4.00. The third-order valence-corrected chi connectivity index (χ3v) is 4.00. The van der Waals surface area contributed by atoms with Crippen LogP contribution in [0.3, 0.4) is 0 Å². The Morgan fingerprint density at radius 1 is 1.12 bits per heavy atom. The minimum atomic E-state index is -0.240. The zero-order chi connectivity index (χ0) is 17.2. The van der Waals surface area contributed by atoms with Gasteiger partial charge in [-0.25, -0.2) is 0 Å². The number of hydrogen-bond acceptors (Lipinski definition) is 5. The molecule has 2 N–H and O–H groups in total. The Morgan fingerprint density at radius 3 is 2.68 bits per heavy atom. The third kappa shape index (κ3) is 2.87. The van der Waals surface area contributed by atoms with E-state index in [1.54, 1.807) is 17.9 Å². The number of benzene rings is 1. The van der Waals surface area contributed by atoms with Gasteiger partial charge in [-0.1, -0.05) is 36.4 Å². The zero-order valence-electron chi connectivity index (χ0n) is 13.5. The molecule has 0 saturated carbocycles. The Kier molecular flexibility index (Phi) is 3.74. The summed E-state index contributed by atoms with van der Waals surface area (Å²) < 4.78 is 1.58. The van der Waals surface area contributed by atoms with E-state index in [0.29, 0.717) is 17.0 Å². The summed E-state index contributed by atoms with van der Waals surface area (Å²) in [5.74, 6) is 0.376. The molecule has 0 amide bonds. The van der Waals surface area contributed by atoms with E-state index >= 15 is 0 Å². The van der Waals surface area contributed by atoms with Crippen LogP contribution in [0, 0.1) is 0 Å². The highest BCUT2D eigenvalue weighted by atomic mass is 16.1. The van der Waals surface area contributed by atoms with Crippen LogP contribution in [-0.4, -0.2) is 24.7 Å². The van der Waals surface area contributed by atoms with Crippen molar-refractivity contribution in [2.45, 2.75) is 6.04 Å². The Bertz CT molecular complexity index is 1020. The average molecular weight is 332 g/mol. The molecular formula is C18H16N6O. The van der Waals surface area contributed by atoms with Crippen molar-refractivity contribution in [1.29, 1.82) is 0 Å². The van der Waals surface area contributed by atoms with Gasteiger partial charge in [-0.15, -0.1) is 0 Å². The first-order valence-electron chi connectivity index (χ1n) is 7.87. The van der Waals surface area contributed by atoms with E-state index < -0.39 is 0 Å². The maximum atomic E-state index is 12.3. The van der Waals surface area contributed by atoms with Crippen LogP contribution in [0.2, 0.25) is 0 Å². The number of nitrogens with one attached hydrogen (secondary N) is 2. The van der Waals surface area contributed by atoms with Gasteiger partial charge in [0.1, 0.15) is 5.39 Å². The lowest BCUT2D eigenvalue weighted by Gasteiger charge is -2.19. The maximum Gasteiger partial charge on any atom is 0.263 e. The van der Waals surface area contributed by atoms with Crippen LogP contribution in [0.25, 0.3) is 11.0 Å². The molecule has 0 saturated heterocycles. The molecule has 0 radical (unpaired) electrons. The van der Waals surface area contributed by atoms with Crippen LogP contribution in [0.15, 0.2) is 65.7 Å². The quantitative estimate of drug-likeness (QED) is 0.598. The molecule has 124 valence electrons. The number of aromatic amines is 1. The van der Waals surface area contributed by atoms with Crippen LogP contribution in [-0.2, 0) is 7.05 Å². The van der Waals surface area contributed by atoms with E-state index in [1.165, 1.54) is 6.20 Å². The van der Waals surface area contributed by atoms with Gasteiger partial charge in [0.25, 0.3) is 5.56 Å². The molecule has 25 heavy (non-hydrogen) atoms. The molecule has 1 atom stereocenters. The first-order valence-corrected chi connectivity index (χ1v) is 7.87. The van der Waals surface area contributed by atoms with Crippen molar-refractivity contribution in [3.8, 4) is 0 Å². The molecular weight excluding hydrogens is 316 g/mol. The van der Waals surface area contributed by atoms with Crippen molar-refractivity contribution in [2.24, 2.45) is 7.05 Å². The summed E-state index contributed by atoms with van der Waals surface area (Å²) in [6, 6.07) is 15.4. The molecule has 4 aromatic rings. The summed E-state index contributed by atoms with van der Waals surface area (Å²) in [6.07, 6.45) is 3.26. The molecule has 3 aromatic heterocycles. The first kappa shape index (κ1) is 15.1. The minimum absolute atomic E-state index is 0.228. The van der Waals surface area contributed by atoms with Crippen LogP contribution in [0.5, 0.6) is 0 Å². The lowest BCUT2D eigenvalue weighted by Crippen LogP contribution is -2.19. The fraction of sp³-hybridized carbons (Fsp3) is 0.111. The molecule has 0 unspecified atom stereocenters. The fourth-order valence-electron chi connectivity index (χ4n) is 2.76. The van der Waals surface area contributed by atoms with Crippen molar-refractivity contribution >= 4 is 17.0 Å². The van der Waals surface area contributed by atoms with Gasteiger partial charge in [-0.3, -0.25) is 19.4 Å². The standard InChI is InChI=1S/C18H16N6O/c1-24-16-13(11-20-24)17(25)23-18(22-16)21-15(12-7-3-2-4-8-12)14-9-5-6-10-19-14/h2-11,15H,1H3,(H2,21,22,23,25)/t15-/m0/s1. The number of aromatic nitrogens is 5.